The topological polar surface area (TPSA) is 52.9 Å². The molecule has 4 heteroatoms. The zero-order valence-electron chi connectivity index (χ0n) is 10.9. The normalized spacial score (nSPS) is 18.6. The highest BCUT2D eigenvalue weighted by Crippen LogP contribution is 2.38. The van der Waals surface area contributed by atoms with E-state index in [9.17, 15) is 10.1 Å². The summed E-state index contributed by atoms with van der Waals surface area (Å²) in [5, 5.41) is 12.3. The van der Waals surface area contributed by atoms with Gasteiger partial charge in [-0.2, -0.15) is 5.26 Å². The number of carbonyl (C=O) groups is 1. The van der Waals surface area contributed by atoms with E-state index >= 15 is 0 Å². The molecule has 0 aromatic heterocycles. The van der Waals surface area contributed by atoms with E-state index in [0.717, 1.165) is 22.9 Å². The molecular formula is C15H17BrN2O. The zero-order chi connectivity index (χ0) is 13.9. The van der Waals surface area contributed by atoms with E-state index < -0.39 is 5.41 Å². The molecule has 19 heavy (non-hydrogen) atoms. The minimum Gasteiger partial charge on any atom is -0.348 e. The molecule has 1 unspecified atom stereocenters. The summed E-state index contributed by atoms with van der Waals surface area (Å²) in [5.74, 6) is -0.125. The molecule has 1 amide bonds. The molecule has 1 aromatic carbocycles. The second-order valence-electron chi connectivity index (χ2n) is 5.15. The third kappa shape index (κ3) is 2.98. The number of nitrogens with one attached hydrogen (secondary N) is 1. The molecule has 0 saturated heterocycles. The maximum atomic E-state index is 12.3. The van der Waals surface area contributed by atoms with Gasteiger partial charge in [-0.1, -0.05) is 40.9 Å². The van der Waals surface area contributed by atoms with Crippen molar-refractivity contribution in [3.8, 4) is 6.07 Å². The van der Waals surface area contributed by atoms with Gasteiger partial charge < -0.3 is 5.32 Å². The Balaban J connectivity index is 2.09. The summed E-state index contributed by atoms with van der Waals surface area (Å²) in [6.07, 6.45) is 3.29. The van der Waals surface area contributed by atoms with Gasteiger partial charge in [0.15, 0.2) is 0 Å². The molecule has 1 saturated carbocycles. The van der Waals surface area contributed by atoms with Crippen LogP contribution in [0.4, 0.5) is 0 Å². The molecule has 1 atom stereocenters. The van der Waals surface area contributed by atoms with Crippen LogP contribution in [-0.4, -0.2) is 5.91 Å². The molecule has 0 heterocycles. The van der Waals surface area contributed by atoms with Gasteiger partial charge in [0.05, 0.1) is 12.1 Å². The van der Waals surface area contributed by atoms with E-state index in [0.29, 0.717) is 12.8 Å². The monoisotopic (exact) mass is 320 g/mol. The molecule has 0 spiro atoms. The van der Waals surface area contributed by atoms with Crippen molar-refractivity contribution in [3.63, 3.8) is 0 Å². The molecular weight excluding hydrogens is 304 g/mol. The molecule has 0 radical (unpaired) electrons. The Morgan fingerprint density at radius 2 is 2.16 bits per heavy atom. The van der Waals surface area contributed by atoms with E-state index in [1.54, 1.807) is 0 Å². The van der Waals surface area contributed by atoms with Gasteiger partial charge in [-0.05, 0) is 37.5 Å². The molecule has 0 aliphatic heterocycles. The summed E-state index contributed by atoms with van der Waals surface area (Å²) in [6.45, 7) is 1.94. The highest BCUT2D eigenvalue weighted by Gasteiger charge is 2.41. The lowest BCUT2D eigenvalue weighted by atomic mass is 9.86. The van der Waals surface area contributed by atoms with E-state index in [-0.39, 0.29) is 11.9 Å². The van der Waals surface area contributed by atoms with Crippen molar-refractivity contribution >= 4 is 21.8 Å². The summed E-state index contributed by atoms with van der Waals surface area (Å²) in [7, 11) is 0. The van der Waals surface area contributed by atoms with Crippen molar-refractivity contribution in [1.82, 2.24) is 5.32 Å². The van der Waals surface area contributed by atoms with Gasteiger partial charge in [0.1, 0.15) is 5.41 Å². The third-order valence-electron chi connectivity index (χ3n) is 3.80. The fraction of sp³-hybridized carbons (Fsp3) is 0.467. The minimum atomic E-state index is -0.805. The number of nitriles is 1. The SMILES string of the molecule is CC(NC(=O)C1(C#N)CCCC1)c1cccc(Br)c1. The molecule has 100 valence electrons. The molecule has 3 nitrogen and oxygen atoms in total. The highest BCUT2D eigenvalue weighted by atomic mass is 79.9. The Bertz CT molecular complexity index is 515. The van der Waals surface area contributed by atoms with Crippen molar-refractivity contribution in [2.75, 3.05) is 0 Å². The van der Waals surface area contributed by atoms with Gasteiger partial charge >= 0.3 is 0 Å². The average Bonchev–Trinajstić information content (AvgIpc) is 2.88. The first-order chi connectivity index (χ1) is 9.07. The van der Waals surface area contributed by atoms with Crippen LogP contribution in [0.25, 0.3) is 0 Å². The summed E-state index contributed by atoms with van der Waals surface area (Å²) < 4.78 is 0.988. The molecule has 1 aliphatic rings. The maximum Gasteiger partial charge on any atom is 0.240 e. The number of hydrogen-bond acceptors (Lipinski definition) is 2. The predicted octanol–water partition coefficient (Wildman–Crippen LogP) is 3.71. The average molecular weight is 321 g/mol. The Labute approximate surface area is 122 Å². The number of halogens is 1. The van der Waals surface area contributed by atoms with E-state index in [2.05, 4.69) is 27.3 Å². The van der Waals surface area contributed by atoms with Gasteiger partial charge in [0, 0.05) is 4.47 Å². The first-order valence-corrected chi connectivity index (χ1v) is 7.34. The van der Waals surface area contributed by atoms with Crippen LogP contribution >= 0.6 is 15.9 Å². The smallest absolute Gasteiger partial charge is 0.240 e. The standard InChI is InChI=1S/C15H17BrN2O/c1-11(12-5-4-6-13(16)9-12)18-14(19)15(10-17)7-2-3-8-15/h4-6,9,11H,2-3,7-8H2,1H3,(H,18,19). The quantitative estimate of drug-likeness (QED) is 0.923. The van der Waals surface area contributed by atoms with Crippen LogP contribution in [-0.2, 0) is 4.79 Å². The summed E-state index contributed by atoms with van der Waals surface area (Å²) >= 11 is 3.42. The molecule has 1 N–H and O–H groups in total. The highest BCUT2D eigenvalue weighted by molar-refractivity contribution is 9.10. The van der Waals surface area contributed by atoms with Crippen molar-refractivity contribution < 1.29 is 4.79 Å². The van der Waals surface area contributed by atoms with Crippen molar-refractivity contribution in [2.24, 2.45) is 5.41 Å². The van der Waals surface area contributed by atoms with Gasteiger partial charge in [0.2, 0.25) is 5.91 Å². The van der Waals surface area contributed by atoms with E-state index in [1.807, 2.05) is 31.2 Å². The van der Waals surface area contributed by atoms with Crippen LogP contribution in [0.3, 0.4) is 0 Å². The predicted molar refractivity (Wildman–Crippen MR) is 77.2 cm³/mol. The number of rotatable bonds is 3. The van der Waals surface area contributed by atoms with Crippen LogP contribution < -0.4 is 5.32 Å². The fourth-order valence-corrected chi connectivity index (χ4v) is 2.98. The lowest BCUT2D eigenvalue weighted by Gasteiger charge is -2.23. The third-order valence-corrected chi connectivity index (χ3v) is 4.30. The number of benzene rings is 1. The first kappa shape index (κ1) is 14.1. The number of hydrogen-bond donors (Lipinski definition) is 1. The van der Waals surface area contributed by atoms with Gasteiger partial charge in [-0.15, -0.1) is 0 Å². The van der Waals surface area contributed by atoms with Crippen LogP contribution in [0.5, 0.6) is 0 Å². The summed E-state index contributed by atoms with van der Waals surface area (Å²) in [4.78, 5) is 12.3. The largest absolute Gasteiger partial charge is 0.348 e. The lowest BCUT2D eigenvalue weighted by molar-refractivity contribution is -0.128. The van der Waals surface area contributed by atoms with Gasteiger partial charge in [-0.3, -0.25) is 4.79 Å². The molecule has 0 bridgehead atoms. The maximum absolute atomic E-state index is 12.3. The van der Waals surface area contributed by atoms with Crippen LogP contribution in [0.2, 0.25) is 0 Å². The van der Waals surface area contributed by atoms with Crippen LogP contribution in [0.15, 0.2) is 28.7 Å². The zero-order valence-corrected chi connectivity index (χ0v) is 12.5. The van der Waals surface area contributed by atoms with Crippen molar-refractivity contribution in [2.45, 2.75) is 38.6 Å². The summed E-state index contributed by atoms with van der Waals surface area (Å²) in [6, 6.07) is 9.99. The Morgan fingerprint density at radius 1 is 1.47 bits per heavy atom. The second kappa shape index (κ2) is 5.75. The lowest BCUT2D eigenvalue weighted by Crippen LogP contribution is -2.39. The number of amides is 1. The Morgan fingerprint density at radius 3 is 2.74 bits per heavy atom. The fourth-order valence-electron chi connectivity index (χ4n) is 2.56. The van der Waals surface area contributed by atoms with E-state index in [1.165, 1.54) is 0 Å². The molecule has 1 aliphatic carbocycles. The van der Waals surface area contributed by atoms with Crippen molar-refractivity contribution in [1.29, 1.82) is 5.26 Å². The number of nitrogens with zero attached hydrogens (tertiary/aromatic N) is 1. The minimum absolute atomic E-state index is 0.0872. The molecule has 1 aromatic rings. The van der Waals surface area contributed by atoms with Crippen LogP contribution in [0, 0.1) is 16.7 Å². The second-order valence-corrected chi connectivity index (χ2v) is 6.07. The van der Waals surface area contributed by atoms with Crippen LogP contribution in [0.1, 0.15) is 44.2 Å². The van der Waals surface area contributed by atoms with Gasteiger partial charge in [0.25, 0.3) is 0 Å². The number of carbonyl (C=O) groups excluding carboxylic acids is 1. The first-order valence-electron chi connectivity index (χ1n) is 6.55. The molecule has 2 rings (SSSR count). The Kier molecular flexibility index (Phi) is 4.26. The Hall–Kier alpha value is -1.34. The van der Waals surface area contributed by atoms with Gasteiger partial charge in [-0.25, -0.2) is 0 Å². The summed E-state index contributed by atoms with van der Waals surface area (Å²) in [5.41, 5.74) is 0.231. The van der Waals surface area contributed by atoms with E-state index in [4.69, 9.17) is 0 Å². The molecule has 1 fully saturated rings. The van der Waals surface area contributed by atoms with Crippen molar-refractivity contribution in [3.05, 3.63) is 34.3 Å².